The van der Waals surface area contributed by atoms with Gasteiger partial charge in [-0.15, -0.1) is 0 Å². The quantitative estimate of drug-likeness (QED) is 0.579. The smallest absolute Gasteiger partial charge is 0.410 e. The Labute approximate surface area is 193 Å². The maximum Gasteiger partial charge on any atom is 0.410 e. The first-order chi connectivity index (χ1) is 14.7. The van der Waals surface area contributed by atoms with E-state index in [-0.39, 0.29) is 24.3 Å². The molecule has 0 aromatic rings. The summed E-state index contributed by atoms with van der Waals surface area (Å²) in [5.41, 5.74) is 11.1. The highest BCUT2D eigenvalue weighted by atomic mass is 16.6. The van der Waals surface area contributed by atoms with Crippen LogP contribution in [0.1, 0.15) is 92.9 Å². The molecule has 4 saturated heterocycles. The number of rotatable bonds is 0. The van der Waals surface area contributed by atoms with Gasteiger partial charge in [0, 0.05) is 36.3 Å². The van der Waals surface area contributed by atoms with Crippen molar-refractivity contribution in [3.8, 4) is 0 Å². The lowest BCUT2D eigenvalue weighted by Gasteiger charge is -2.38. The van der Waals surface area contributed by atoms with Crippen molar-refractivity contribution in [2.45, 2.75) is 140 Å². The number of nitrogens with two attached hydrogens (primary N) is 2. The first-order valence-electron chi connectivity index (χ1n) is 12.3. The highest BCUT2D eigenvalue weighted by Crippen LogP contribution is 2.37. The zero-order valence-corrected chi connectivity index (χ0v) is 20.8. The minimum atomic E-state index is -0.407. The van der Waals surface area contributed by atoms with Crippen LogP contribution in [-0.4, -0.2) is 69.4 Å². The first-order valence-corrected chi connectivity index (χ1v) is 12.3. The number of carbonyl (C=O) groups excluding carboxylic acids is 2. The van der Waals surface area contributed by atoms with Gasteiger partial charge in [0.25, 0.3) is 0 Å². The molecule has 8 nitrogen and oxygen atoms in total. The third-order valence-electron chi connectivity index (χ3n) is 6.75. The van der Waals surface area contributed by atoms with Gasteiger partial charge in [-0.3, -0.25) is 0 Å². The molecule has 32 heavy (non-hydrogen) atoms. The normalized spacial score (nSPS) is 34.0. The van der Waals surface area contributed by atoms with Gasteiger partial charge in [0.2, 0.25) is 0 Å². The van der Waals surface area contributed by atoms with E-state index in [0.29, 0.717) is 24.2 Å². The molecule has 8 heteroatoms. The molecule has 2 amide bonds. The van der Waals surface area contributed by atoms with Crippen LogP contribution >= 0.6 is 0 Å². The van der Waals surface area contributed by atoms with E-state index in [0.717, 1.165) is 51.4 Å². The van der Waals surface area contributed by atoms with Crippen LogP contribution in [0, 0.1) is 0 Å². The summed E-state index contributed by atoms with van der Waals surface area (Å²) in [5, 5.41) is 0. The summed E-state index contributed by atoms with van der Waals surface area (Å²) in [6, 6.07) is 1.76. The zero-order chi connectivity index (χ0) is 23.8. The SMILES string of the molecule is CC(C)(C)OC(=O)N1[C@@H]2CC[C@H]1CC(N)C2.CC(C)(C)OC(=O)N1[C@@H]2CC[C@H]1CC(N)C2. The summed E-state index contributed by atoms with van der Waals surface area (Å²) in [4.78, 5) is 27.9. The Morgan fingerprint density at radius 1 is 0.625 bits per heavy atom. The van der Waals surface area contributed by atoms with Crippen LogP contribution < -0.4 is 11.5 Å². The molecule has 4 aliphatic heterocycles. The van der Waals surface area contributed by atoms with Gasteiger partial charge in [-0.2, -0.15) is 0 Å². The molecule has 4 bridgehead atoms. The van der Waals surface area contributed by atoms with Crippen molar-refractivity contribution in [2.75, 3.05) is 0 Å². The Morgan fingerprint density at radius 2 is 0.875 bits per heavy atom. The maximum absolute atomic E-state index is 12.0. The van der Waals surface area contributed by atoms with E-state index in [1.165, 1.54) is 0 Å². The molecule has 4 aliphatic rings. The Morgan fingerprint density at radius 3 is 1.09 bits per heavy atom. The van der Waals surface area contributed by atoms with E-state index >= 15 is 0 Å². The van der Waals surface area contributed by atoms with Crippen LogP contribution in [0.5, 0.6) is 0 Å². The highest BCUT2D eigenvalue weighted by molar-refractivity contribution is 5.70. The van der Waals surface area contributed by atoms with E-state index in [2.05, 4.69) is 0 Å². The van der Waals surface area contributed by atoms with Crippen LogP contribution in [0.2, 0.25) is 0 Å². The van der Waals surface area contributed by atoms with Crippen LogP contribution in [0.25, 0.3) is 0 Å². The van der Waals surface area contributed by atoms with Gasteiger partial charge in [-0.25, -0.2) is 9.59 Å². The molecular formula is C24H44N4O4. The van der Waals surface area contributed by atoms with Gasteiger partial charge in [0.1, 0.15) is 11.2 Å². The summed E-state index contributed by atoms with van der Waals surface area (Å²) in [7, 11) is 0. The molecular weight excluding hydrogens is 408 g/mol. The summed E-state index contributed by atoms with van der Waals surface area (Å²) in [5.74, 6) is 0. The van der Waals surface area contributed by atoms with Crippen LogP contribution in [0.4, 0.5) is 9.59 Å². The molecule has 4 fully saturated rings. The van der Waals surface area contributed by atoms with Crippen molar-refractivity contribution in [3.63, 3.8) is 0 Å². The van der Waals surface area contributed by atoms with E-state index in [4.69, 9.17) is 20.9 Å². The molecule has 0 radical (unpaired) electrons. The summed E-state index contributed by atoms with van der Waals surface area (Å²) in [6.45, 7) is 11.4. The number of hydrogen-bond acceptors (Lipinski definition) is 6. The molecule has 4 rings (SSSR count). The molecule has 4 heterocycles. The Bertz CT molecular complexity index is 600. The molecule has 0 aliphatic carbocycles. The van der Waals surface area contributed by atoms with Gasteiger partial charge < -0.3 is 30.7 Å². The van der Waals surface area contributed by atoms with Gasteiger partial charge in [-0.05, 0) is 92.9 Å². The Kier molecular flexibility index (Phi) is 7.35. The molecule has 0 spiro atoms. The van der Waals surface area contributed by atoms with E-state index < -0.39 is 11.2 Å². The molecule has 2 unspecified atom stereocenters. The number of piperidine rings is 2. The molecule has 184 valence electrons. The van der Waals surface area contributed by atoms with Crippen LogP contribution in [-0.2, 0) is 9.47 Å². The summed E-state index contributed by atoms with van der Waals surface area (Å²) >= 11 is 0. The minimum Gasteiger partial charge on any atom is -0.444 e. The third-order valence-corrected chi connectivity index (χ3v) is 6.75. The van der Waals surface area contributed by atoms with Crippen molar-refractivity contribution in [3.05, 3.63) is 0 Å². The molecule has 6 atom stereocenters. The molecule has 0 saturated carbocycles. The second-order valence-corrected chi connectivity index (χ2v) is 12.0. The number of nitrogens with zero attached hydrogens (tertiary/aromatic N) is 2. The number of fused-ring (bicyclic) bond motifs is 4. The van der Waals surface area contributed by atoms with E-state index in [9.17, 15) is 9.59 Å². The Balaban J connectivity index is 0.000000181. The maximum atomic E-state index is 12.0. The summed E-state index contributed by atoms with van der Waals surface area (Å²) in [6.07, 6.45) is 7.71. The average Bonchev–Trinajstić information content (AvgIpc) is 3.04. The van der Waals surface area contributed by atoms with E-state index in [1.807, 2.05) is 51.3 Å². The van der Waals surface area contributed by atoms with Crippen molar-refractivity contribution in [1.82, 2.24) is 9.80 Å². The van der Waals surface area contributed by atoms with E-state index in [1.54, 1.807) is 0 Å². The standard InChI is InChI=1S/2C12H22N2O2/c2*1-12(2,3)16-11(15)14-9-4-5-10(14)7-8(13)6-9/h2*8-10H,4-7,13H2,1-3H3/t2*8?,9-,10+. The van der Waals surface area contributed by atoms with Crippen molar-refractivity contribution in [1.29, 1.82) is 0 Å². The number of carbonyl (C=O) groups is 2. The number of ether oxygens (including phenoxy) is 2. The topological polar surface area (TPSA) is 111 Å². The van der Waals surface area contributed by atoms with Crippen LogP contribution in [0.15, 0.2) is 0 Å². The largest absolute Gasteiger partial charge is 0.444 e. The average molecular weight is 453 g/mol. The first kappa shape index (κ1) is 25.1. The third kappa shape index (κ3) is 6.28. The Hall–Kier alpha value is -1.54. The highest BCUT2D eigenvalue weighted by Gasteiger charge is 2.45. The predicted molar refractivity (Wildman–Crippen MR) is 124 cm³/mol. The lowest BCUT2D eigenvalue weighted by atomic mass is 9.99. The molecule has 0 aromatic carbocycles. The lowest BCUT2D eigenvalue weighted by molar-refractivity contribution is 0.00502. The van der Waals surface area contributed by atoms with Gasteiger partial charge in [-0.1, -0.05) is 0 Å². The molecule has 0 aromatic heterocycles. The fourth-order valence-electron chi connectivity index (χ4n) is 5.66. The van der Waals surface area contributed by atoms with Crippen molar-refractivity contribution >= 4 is 12.2 Å². The van der Waals surface area contributed by atoms with Gasteiger partial charge in [0.05, 0.1) is 0 Å². The van der Waals surface area contributed by atoms with Crippen molar-refractivity contribution < 1.29 is 19.1 Å². The second kappa shape index (κ2) is 9.37. The van der Waals surface area contributed by atoms with Crippen LogP contribution in [0.3, 0.4) is 0 Å². The summed E-state index contributed by atoms with van der Waals surface area (Å²) < 4.78 is 10.9. The minimum absolute atomic E-state index is 0.160. The fraction of sp³-hybridized carbons (Fsp3) is 0.917. The van der Waals surface area contributed by atoms with Gasteiger partial charge >= 0.3 is 12.2 Å². The van der Waals surface area contributed by atoms with Crippen molar-refractivity contribution in [2.24, 2.45) is 11.5 Å². The van der Waals surface area contributed by atoms with Gasteiger partial charge in [0.15, 0.2) is 0 Å². The predicted octanol–water partition coefficient (Wildman–Crippen LogP) is 3.75. The second-order valence-electron chi connectivity index (χ2n) is 12.0. The number of amides is 2. The zero-order valence-electron chi connectivity index (χ0n) is 20.8. The monoisotopic (exact) mass is 452 g/mol. The fourth-order valence-corrected chi connectivity index (χ4v) is 5.66. The molecule has 4 N–H and O–H groups in total. The number of hydrogen-bond donors (Lipinski definition) is 2. The lowest BCUT2D eigenvalue weighted by Crippen LogP contribution is -2.51.